The number of aliphatic hydroxyl groups excluding tert-OH is 1. The topological polar surface area (TPSA) is 154 Å². The van der Waals surface area contributed by atoms with Crippen LogP contribution in [0, 0.1) is 9.77 Å². The van der Waals surface area contributed by atoms with Gasteiger partial charge in [0.05, 0.1) is 34.9 Å². The molecule has 2 aromatic carbocycles. The fourth-order valence-corrected chi connectivity index (χ4v) is 5.86. The maximum absolute atomic E-state index is 13.6. The van der Waals surface area contributed by atoms with Crippen LogP contribution in [-0.2, 0) is 16.1 Å². The van der Waals surface area contributed by atoms with Gasteiger partial charge >= 0.3 is 5.97 Å². The number of aromatic nitrogens is 4. The standard InChI is InChI=1S/C23H21ClFN7O4S3/c24-14-7-12(1-2-15(14)25)29-21-13-8-18(17(26-4-5-33)9-16(13)27-11-28-21)30-19(34)10-32-23(37)39-22(31-32)38-6-3-20(35)36/h1-2,7-9,11,26,33H,3-6,10H2,(H,30,34)(H,35,36)(H,27,28,29). The van der Waals surface area contributed by atoms with E-state index in [0.717, 1.165) is 0 Å². The molecule has 0 saturated heterocycles. The summed E-state index contributed by atoms with van der Waals surface area (Å²) >= 11 is 13.7. The first-order chi connectivity index (χ1) is 18.7. The van der Waals surface area contributed by atoms with Gasteiger partial charge in [-0.05, 0) is 42.5 Å². The highest BCUT2D eigenvalue weighted by Gasteiger charge is 2.15. The summed E-state index contributed by atoms with van der Waals surface area (Å²) in [6, 6.07) is 7.55. The molecular weight excluding hydrogens is 589 g/mol. The fraction of sp³-hybridized carbons (Fsp3) is 0.217. The smallest absolute Gasteiger partial charge is 0.304 e. The Kier molecular flexibility index (Phi) is 9.63. The van der Waals surface area contributed by atoms with E-state index in [-0.39, 0.29) is 31.1 Å². The van der Waals surface area contributed by atoms with E-state index in [1.54, 1.807) is 12.1 Å². The Morgan fingerprint density at radius 3 is 2.77 bits per heavy atom. The lowest BCUT2D eigenvalue weighted by atomic mass is 10.1. The number of amides is 1. The summed E-state index contributed by atoms with van der Waals surface area (Å²) in [5, 5.41) is 31.9. The average Bonchev–Trinajstić information content (AvgIpc) is 3.23. The molecule has 0 radical (unpaired) electrons. The van der Waals surface area contributed by atoms with Gasteiger partial charge in [-0.15, -0.1) is 0 Å². The Hall–Kier alpha value is -3.37. The number of carbonyl (C=O) groups excluding carboxylic acids is 1. The van der Waals surface area contributed by atoms with E-state index in [0.29, 0.717) is 47.8 Å². The SMILES string of the molecule is O=C(O)CCSc1nn(CC(=O)Nc2cc3c(Nc4ccc(F)c(Cl)c4)ncnc3cc2NCCO)c(=S)s1. The van der Waals surface area contributed by atoms with Crippen molar-refractivity contribution in [3.05, 3.63) is 51.5 Å². The summed E-state index contributed by atoms with van der Waals surface area (Å²) in [5.41, 5.74) is 1.97. The van der Waals surface area contributed by atoms with Crippen molar-refractivity contribution in [3.63, 3.8) is 0 Å². The van der Waals surface area contributed by atoms with Crippen molar-refractivity contribution >= 4 is 92.6 Å². The van der Waals surface area contributed by atoms with Crippen molar-refractivity contribution in [3.8, 4) is 0 Å². The lowest BCUT2D eigenvalue weighted by molar-refractivity contribution is -0.136. The molecule has 0 unspecified atom stereocenters. The molecule has 0 aliphatic carbocycles. The molecule has 0 atom stereocenters. The first-order valence-corrected chi connectivity index (χ1v) is 13.9. The number of nitrogens with one attached hydrogen (secondary N) is 3. The predicted octanol–water partition coefficient (Wildman–Crippen LogP) is 4.76. The van der Waals surface area contributed by atoms with E-state index in [2.05, 4.69) is 31.0 Å². The summed E-state index contributed by atoms with van der Waals surface area (Å²) in [6.07, 6.45) is 1.34. The van der Waals surface area contributed by atoms with Crippen molar-refractivity contribution in [2.45, 2.75) is 17.3 Å². The fourth-order valence-electron chi connectivity index (χ4n) is 3.35. The Bertz CT molecular complexity index is 1580. The summed E-state index contributed by atoms with van der Waals surface area (Å²) in [5.74, 6) is -1.14. The molecule has 2 aromatic heterocycles. The third-order valence-electron chi connectivity index (χ3n) is 5.08. The Labute approximate surface area is 239 Å². The molecule has 0 aliphatic heterocycles. The van der Waals surface area contributed by atoms with Crippen LogP contribution >= 0.6 is 46.9 Å². The number of anilines is 4. The van der Waals surface area contributed by atoms with Crippen molar-refractivity contribution in [2.24, 2.45) is 0 Å². The van der Waals surface area contributed by atoms with Gasteiger partial charge in [0.1, 0.15) is 24.5 Å². The zero-order valence-corrected chi connectivity index (χ0v) is 23.2. The van der Waals surface area contributed by atoms with Gasteiger partial charge in [-0.2, -0.15) is 5.10 Å². The average molecular weight is 610 g/mol. The predicted molar refractivity (Wildman–Crippen MR) is 152 cm³/mol. The molecule has 0 bridgehead atoms. The number of halogens is 2. The lowest BCUT2D eigenvalue weighted by Gasteiger charge is -2.16. The monoisotopic (exact) mass is 609 g/mol. The van der Waals surface area contributed by atoms with E-state index in [1.165, 1.54) is 52.3 Å². The zero-order chi connectivity index (χ0) is 27.9. The number of hydrogen-bond acceptors (Lipinski definition) is 11. The van der Waals surface area contributed by atoms with Crippen molar-refractivity contribution in [1.82, 2.24) is 19.7 Å². The van der Waals surface area contributed by atoms with Crippen molar-refractivity contribution < 1.29 is 24.2 Å². The van der Waals surface area contributed by atoms with Gasteiger partial charge in [0, 0.05) is 23.4 Å². The number of thioether (sulfide) groups is 1. The highest BCUT2D eigenvalue weighted by Crippen LogP contribution is 2.32. The third-order valence-corrected chi connectivity index (χ3v) is 7.81. The second-order valence-corrected chi connectivity index (χ2v) is 11.2. The number of carbonyl (C=O) groups is 2. The Morgan fingerprint density at radius 1 is 1.21 bits per heavy atom. The van der Waals surface area contributed by atoms with Crippen LogP contribution in [0.5, 0.6) is 0 Å². The number of carboxylic acids is 1. The first kappa shape index (κ1) is 28.6. The van der Waals surface area contributed by atoms with Crippen LogP contribution in [0.3, 0.4) is 0 Å². The molecular formula is C23H21ClFN7O4S3. The number of aliphatic hydroxyl groups is 1. The molecule has 16 heteroatoms. The summed E-state index contributed by atoms with van der Waals surface area (Å²) in [6.45, 7) is -0.0763. The summed E-state index contributed by atoms with van der Waals surface area (Å²) in [7, 11) is 0. The number of hydrogen-bond donors (Lipinski definition) is 5. The first-order valence-electron chi connectivity index (χ1n) is 11.3. The molecule has 2 heterocycles. The van der Waals surface area contributed by atoms with Crippen LogP contribution < -0.4 is 16.0 Å². The van der Waals surface area contributed by atoms with Gasteiger partial charge in [-0.3, -0.25) is 9.59 Å². The van der Waals surface area contributed by atoms with E-state index in [1.807, 2.05) is 0 Å². The molecule has 5 N–H and O–H groups in total. The van der Waals surface area contributed by atoms with Gasteiger partial charge in [0.15, 0.2) is 8.29 Å². The van der Waals surface area contributed by atoms with Crippen molar-refractivity contribution in [1.29, 1.82) is 0 Å². The lowest BCUT2D eigenvalue weighted by Crippen LogP contribution is -2.21. The van der Waals surface area contributed by atoms with Gasteiger partial charge in [0.2, 0.25) is 5.91 Å². The second kappa shape index (κ2) is 13.1. The van der Waals surface area contributed by atoms with E-state index in [9.17, 15) is 19.1 Å². The minimum Gasteiger partial charge on any atom is -0.481 e. The molecule has 11 nitrogen and oxygen atoms in total. The maximum Gasteiger partial charge on any atom is 0.304 e. The van der Waals surface area contributed by atoms with Crippen LogP contribution in [0.25, 0.3) is 10.9 Å². The quantitative estimate of drug-likeness (QED) is 0.111. The molecule has 4 aromatic rings. The van der Waals surface area contributed by atoms with Gasteiger partial charge in [-0.25, -0.2) is 19.0 Å². The molecule has 39 heavy (non-hydrogen) atoms. The van der Waals surface area contributed by atoms with Crippen LogP contribution in [0.2, 0.25) is 5.02 Å². The number of nitrogens with zero attached hydrogens (tertiary/aromatic N) is 4. The number of carboxylic acid groups (broad SMARTS) is 1. The van der Waals surface area contributed by atoms with E-state index < -0.39 is 17.7 Å². The summed E-state index contributed by atoms with van der Waals surface area (Å²) in [4.78, 5) is 32.3. The van der Waals surface area contributed by atoms with Gasteiger partial charge in [-0.1, -0.05) is 34.7 Å². The molecule has 1 amide bonds. The molecule has 0 fully saturated rings. The Morgan fingerprint density at radius 2 is 2.03 bits per heavy atom. The zero-order valence-electron chi connectivity index (χ0n) is 20.0. The molecule has 0 saturated carbocycles. The highest BCUT2D eigenvalue weighted by molar-refractivity contribution is 8.01. The molecule has 4 rings (SSSR count). The molecule has 0 aliphatic rings. The Balaban J connectivity index is 1.58. The normalized spacial score (nSPS) is 10.9. The minimum atomic E-state index is -0.906. The van der Waals surface area contributed by atoms with Gasteiger partial charge in [0.25, 0.3) is 0 Å². The largest absolute Gasteiger partial charge is 0.481 e. The third kappa shape index (κ3) is 7.60. The van der Waals surface area contributed by atoms with E-state index >= 15 is 0 Å². The minimum absolute atomic E-state index is 0.0160. The van der Waals surface area contributed by atoms with Crippen LogP contribution in [0.15, 0.2) is 41.0 Å². The van der Waals surface area contributed by atoms with Gasteiger partial charge < -0.3 is 26.2 Å². The highest BCUT2D eigenvalue weighted by atomic mass is 35.5. The number of benzene rings is 2. The van der Waals surface area contributed by atoms with Crippen molar-refractivity contribution in [2.75, 3.05) is 34.9 Å². The van der Waals surface area contributed by atoms with Crippen LogP contribution in [0.4, 0.5) is 27.3 Å². The van der Waals surface area contributed by atoms with Crippen LogP contribution in [0.1, 0.15) is 6.42 Å². The van der Waals surface area contributed by atoms with Crippen LogP contribution in [-0.4, -0.2) is 60.7 Å². The molecule has 0 spiro atoms. The molecule has 204 valence electrons. The number of aliphatic carboxylic acids is 1. The number of fused-ring (bicyclic) bond motifs is 1. The van der Waals surface area contributed by atoms with E-state index in [4.69, 9.17) is 28.9 Å². The maximum atomic E-state index is 13.6. The number of rotatable bonds is 12. The second-order valence-electron chi connectivity index (χ2n) is 7.87. The summed E-state index contributed by atoms with van der Waals surface area (Å²) < 4.78 is 15.9.